The summed E-state index contributed by atoms with van der Waals surface area (Å²) >= 11 is 0. The highest BCUT2D eigenvalue weighted by atomic mass is 19.4. The van der Waals surface area contributed by atoms with Crippen LogP contribution < -0.4 is 5.32 Å². The number of benzene rings is 1. The van der Waals surface area contributed by atoms with Gasteiger partial charge in [0.05, 0.1) is 13.1 Å². The van der Waals surface area contributed by atoms with Crippen LogP contribution in [0.4, 0.5) is 31.1 Å². The Hall–Kier alpha value is -3.32. The highest BCUT2D eigenvalue weighted by Gasteiger charge is 2.38. The van der Waals surface area contributed by atoms with Crippen molar-refractivity contribution < 1.29 is 40.7 Å². The maximum absolute atomic E-state index is 14.2. The van der Waals surface area contributed by atoms with Gasteiger partial charge in [0.1, 0.15) is 17.2 Å². The molecule has 0 bridgehead atoms. The zero-order valence-corrected chi connectivity index (χ0v) is 19.0. The van der Waals surface area contributed by atoms with Crippen LogP contribution in [-0.2, 0) is 35.2 Å². The molecule has 1 aromatic carbocycles. The van der Waals surface area contributed by atoms with Crippen molar-refractivity contribution in [2.45, 2.75) is 64.5 Å². The van der Waals surface area contributed by atoms with E-state index in [1.165, 1.54) is 4.90 Å². The molecule has 14 heteroatoms. The van der Waals surface area contributed by atoms with Crippen molar-refractivity contribution in [2.24, 2.45) is 0 Å². The maximum atomic E-state index is 14.2. The summed E-state index contributed by atoms with van der Waals surface area (Å²) in [5, 5.41) is 5.82. The van der Waals surface area contributed by atoms with E-state index < -0.39 is 59.5 Å². The summed E-state index contributed by atoms with van der Waals surface area (Å²) in [4.78, 5) is 29.8. The lowest BCUT2D eigenvalue weighted by atomic mass is 10.0. The number of rotatable bonds is 5. The number of nitrogens with one attached hydrogen (secondary N) is 1. The molecule has 2 amide bonds. The van der Waals surface area contributed by atoms with Gasteiger partial charge >= 0.3 is 12.3 Å². The van der Waals surface area contributed by atoms with E-state index in [9.17, 15) is 35.9 Å². The molecular weight excluding hydrogens is 484 g/mol. The first kappa shape index (κ1) is 26.3. The van der Waals surface area contributed by atoms with E-state index in [2.05, 4.69) is 15.4 Å². The summed E-state index contributed by atoms with van der Waals surface area (Å²) in [5.74, 6) is -5.75. The molecule has 0 radical (unpaired) electrons. The lowest BCUT2D eigenvalue weighted by Gasteiger charge is -2.29. The molecule has 8 nitrogen and oxygen atoms in total. The Balaban J connectivity index is 1.76. The van der Waals surface area contributed by atoms with Crippen LogP contribution in [0.5, 0.6) is 0 Å². The Kier molecular flexibility index (Phi) is 7.31. The van der Waals surface area contributed by atoms with Crippen LogP contribution in [0, 0.1) is 17.5 Å². The van der Waals surface area contributed by atoms with Crippen LogP contribution >= 0.6 is 0 Å². The average molecular weight is 507 g/mol. The Labute approximate surface area is 196 Å². The Morgan fingerprint density at radius 1 is 1.09 bits per heavy atom. The van der Waals surface area contributed by atoms with Crippen molar-refractivity contribution in [3.05, 3.63) is 46.8 Å². The summed E-state index contributed by atoms with van der Waals surface area (Å²) in [7, 11) is 0. The van der Waals surface area contributed by atoms with E-state index in [-0.39, 0.29) is 37.4 Å². The zero-order valence-electron chi connectivity index (χ0n) is 19.0. The molecule has 0 saturated carbocycles. The number of hydrogen-bond acceptors (Lipinski definition) is 5. The second kappa shape index (κ2) is 9.74. The van der Waals surface area contributed by atoms with E-state index in [1.807, 2.05) is 0 Å². The van der Waals surface area contributed by atoms with Crippen molar-refractivity contribution in [1.82, 2.24) is 25.0 Å². The number of aromatic nitrogens is 3. The van der Waals surface area contributed by atoms with E-state index in [4.69, 9.17) is 4.74 Å². The van der Waals surface area contributed by atoms with Crippen LogP contribution in [0.25, 0.3) is 0 Å². The number of nitrogens with zero attached hydrogens (tertiary/aromatic N) is 4. The lowest BCUT2D eigenvalue weighted by Crippen LogP contribution is -2.45. The minimum Gasteiger partial charge on any atom is -0.444 e. The third-order valence-electron chi connectivity index (χ3n) is 4.97. The Morgan fingerprint density at radius 2 is 1.74 bits per heavy atom. The summed E-state index contributed by atoms with van der Waals surface area (Å²) in [6.07, 6.45) is -6.46. The number of alkyl carbamates (subject to hydrolysis) is 1. The summed E-state index contributed by atoms with van der Waals surface area (Å²) in [6.45, 7) is 4.51. The van der Waals surface area contributed by atoms with Gasteiger partial charge in [0.15, 0.2) is 11.6 Å². The van der Waals surface area contributed by atoms with E-state index in [0.717, 1.165) is 4.68 Å². The topological polar surface area (TPSA) is 89.4 Å². The molecule has 2 heterocycles. The summed E-state index contributed by atoms with van der Waals surface area (Å²) in [5.41, 5.74) is -1.18. The summed E-state index contributed by atoms with van der Waals surface area (Å²) < 4.78 is 86.0. The summed E-state index contributed by atoms with van der Waals surface area (Å²) in [6, 6.07) is -0.115. The molecule has 3 rings (SSSR count). The van der Waals surface area contributed by atoms with Gasteiger partial charge in [0.2, 0.25) is 5.91 Å². The fourth-order valence-electron chi connectivity index (χ4n) is 3.44. The minimum atomic E-state index is -4.74. The molecule has 2 aromatic rings. The molecule has 1 aromatic heterocycles. The van der Waals surface area contributed by atoms with Crippen molar-refractivity contribution in [2.75, 3.05) is 6.54 Å². The molecule has 0 fully saturated rings. The molecule has 1 atom stereocenters. The molecule has 1 aliphatic heterocycles. The zero-order chi connectivity index (χ0) is 26.1. The SMILES string of the molecule is CC(C)(C)OC(=O)N[C@@H](CC(=O)N1CCn2nc(C(F)(F)F)nc2C1)Cc1cc(F)c(F)cc1F. The number of amides is 2. The first-order chi connectivity index (χ1) is 16.1. The minimum absolute atomic E-state index is 0.0190. The Morgan fingerprint density at radius 3 is 2.37 bits per heavy atom. The van der Waals surface area contributed by atoms with Crippen LogP contribution in [-0.4, -0.2) is 49.9 Å². The number of ether oxygens (including phenoxy) is 1. The number of fused-ring (bicyclic) bond motifs is 1. The standard InChI is InChI=1S/C21H23F6N5O3/c1-20(2,3)35-19(34)28-12(6-11-7-14(23)15(24)9-13(11)22)8-17(33)31-4-5-32-16(10-31)29-18(30-32)21(25,26)27/h7,9,12H,4-6,8,10H2,1-3H3,(H,28,34)/t12-/m1/s1. The van der Waals surface area contributed by atoms with E-state index >= 15 is 0 Å². The van der Waals surface area contributed by atoms with Gasteiger partial charge < -0.3 is 15.0 Å². The smallest absolute Gasteiger partial charge is 0.444 e. The number of halogens is 6. The molecule has 1 N–H and O–H groups in total. The van der Waals surface area contributed by atoms with E-state index in [0.29, 0.717) is 12.1 Å². The molecule has 0 aliphatic carbocycles. The van der Waals surface area contributed by atoms with Crippen molar-refractivity contribution >= 4 is 12.0 Å². The molecule has 192 valence electrons. The van der Waals surface area contributed by atoms with Crippen molar-refractivity contribution in [3.8, 4) is 0 Å². The van der Waals surface area contributed by atoms with Gasteiger partial charge in [-0.25, -0.2) is 27.6 Å². The van der Waals surface area contributed by atoms with Gasteiger partial charge in [0.25, 0.3) is 5.82 Å². The molecule has 0 saturated heterocycles. The van der Waals surface area contributed by atoms with Crippen LogP contribution in [0.3, 0.4) is 0 Å². The second-order valence-corrected chi connectivity index (χ2v) is 9.00. The highest BCUT2D eigenvalue weighted by Crippen LogP contribution is 2.27. The lowest BCUT2D eigenvalue weighted by molar-refractivity contribution is -0.145. The predicted molar refractivity (Wildman–Crippen MR) is 108 cm³/mol. The third-order valence-corrected chi connectivity index (χ3v) is 4.97. The number of carbonyl (C=O) groups excluding carboxylic acids is 2. The average Bonchev–Trinajstić information content (AvgIpc) is 3.14. The third kappa shape index (κ3) is 6.85. The number of hydrogen-bond donors (Lipinski definition) is 1. The molecule has 0 spiro atoms. The second-order valence-electron chi connectivity index (χ2n) is 9.00. The predicted octanol–water partition coefficient (Wildman–Crippen LogP) is 3.58. The van der Waals surface area contributed by atoms with Crippen LogP contribution in [0.1, 0.15) is 44.4 Å². The molecule has 1 aliphatic rings. The first-order valence-corrected chi connectivity index (χ1v) is 10.5. The fraction of sp³-hybridized carbons (Fsp3) is 0.524. The fourth-order valence-corrected chi connectivity index (χ4v) is 3.44. The maximum Gasteiger partial charge on any atom is 0.453 e. The molecule has 0 unspecified atom stereocenters. The largest absolute Gasteiger partial charge is 0.453 e. The Bertz CT molecular complexity index is 1110. The van der Waals surface area contributed by atoms with Crippen molar-refractivity contribution in [3.63, 3.8) is 0 Å². The molecular formula is C21H23F6N5O3. The quantitative estimate of drug-likeness (QED) is 0.494. The van der Waals surface area contributed by atoms with Gasteiger partial charge in [-0.3, -0.25) is 4.79 Å². The van der Waals surface area contributed by atoms with Gasteiger partial charge in [-0.2, -0.15) is 13.2 Å². The monoisotopic (exact) mass is 507 g/mol. The number of alkyl halides is 3. The highest BCUT2D eigenvalue weighted by molar-refractivity contribution is 5.78. The van der Waals surface area contributed by atoms with Gasteiger partial charge in [0, 0.05) is 25.1 Å². The van der Waals surface area contributed by atoms with Crippen LogP contribution in [0.2, 0.25) is 0 Å². The van der Waals surface area contributed by atoms with Gasteiger partial charge in [-0.15, -0.1) is 5.10 Å². The van der Waals surface area contributed by atoms with Gasteiger partial charge in [-0.05, 0) is 38.8 Å². The molecule has 35 heavy (non-hydrogen) atoms. The van der Waals surface area contributed by atoms with Gasteiger partial charge in [-0.1, -0.05) is 0 Å². The number of carbonyl (C=O) groups is 2. The first-order valence-electron chi connectivity index (χ1n) is 10.5. The van der Waals surface area contributed by atoms with E-state index in [1.54, 1.807) is 20.8 Å². The normalized spacial score (nSPS) is 14.9. The van der Waals surface area contributed by atoms with Crippen molar-refractivity contribution in [1.29, 1.82) is 0 Å². The van der Waals surface area contributed by atoms with Crippen LogP contribution in [0.15, 0.2) is 12.1 Å².